The zero-order chi connectivity index (χ0) is 22.2. The number of benzene rings is 2. The molecule has 0 aliphatic heterocycles. The predicted molar refractivity (Wildman–Crippen MR) is 129 cm³/mol. The van der Waals surface area contributed by atoms with Crippen molar-refractivity contribution in [1.82, 2.24) is 19.9 Å². The van der Waals surface area contributed by atoms with Gasteiger partial charge in [-0.1, -0.05) is 66.7 Å². The van der Waals surface area contributed by atoms with Gasteiger partial charge < -0.3 is 4.90 Å². The molecule has 3 aromatic rings. The molecule has 0 N–H and O–H groups in total. The molecule has 1 aliphatic carbocycles. The van der Waals surface area contributed by atoms with Crippen LogP contribution in [0.1, 0.15) is 51.9 Å². The van der Waals surface area contributed by atoms with Crippen LogP contribution in [0.25, 0.3) is 22.4 Å². The number of hydrogen-bond donors (Lipinski definition) is 0. The third-order valence-electron chi connectivity index (χ3n) is 6.45. The number of hydrogen-bond acceptors (Lipinski definition) is 4. The topological polar surface area (TPSA) is 51.0 Å². The van der Waals surface area contributed by atoms with E-state index in [1.165, 1.54) is 17.5 Å². The number of carbonyl (C=O) groups is 1. The van der Waals surface area contributed by atoms with E-state index in [0.717, 1.165) is 69.4 Å². The number of aromatic nitrogens is 3. The molecule has 2 aromatic carbocycles. The summed E-state index contributed by atoms with van der Waals surface area (Å²) in [5.74, 6) is 0.439. The third kappa shape index (κ3) is 5.92. The first-order valence-corrected chi connectivity index (χ1v) is 12.0. The van der Waals surface area contributed by atoms with Gasteiger partial charge in [0.2, 0.25) is 0 Å². The van der Waals surface area contributed by atoms with Gasteiger partial charge in [0.25, 0.3) is 0 Å². The molecule has 1 saturated carbocycles. The first kappa shape index (κ1) is 22.4. The molecule has 1 fully saturated rings. The maximum absolute atomic E-state index is 11.6. The zero-order valence-corrected chi connectivity index (χ0v) is 19.1. The summed E-state index contributed by atoms with van der Waals surface area (Å²) in [5.41, 5.74) is 4.45. The Hall–Kier alpha value is -2.79. The highest BCUT2D eigenvalue weighted by Gasteiger charge is 2.23. The Morgan fingerprint density at radius 2 is 1.59 bits per heavy atom. The van der Waals surface area contributed by atoms with Crippen molar-refractivity contribution in [3.63, 3.8) is 0 Å². The predicted octanol–water partition coefficient (Wildman–Crippen LogP) is 5.62. The second kappa shape index (κ2) is 11.2. The van der Waals surface area contributed by atoms with Crippen molar-refractivity contribution < 1.29 is 4.79 Å². The van der Waals surface area contributed by atoms with Crippen LogP contribution in [-0.4, -0.2) is 44.8 Å². The van der Waals surface area contributed by atoms with Crippen molar-refractivity contribution in [2.24, 2.45) is 0 Å². The summed E-state index contributed by atoms with van der Waals surface area (Å²) in [6.45, 7) is 5.36. The van der Waals surface area contributed by atoms with Crippen LogP contribution >= 0.6 is 0 Å². The lowest BCUT2D eigenvalue weighted by Gasteiger charge is -2.33. The maximum Gasteiger partial charge on any atom is 0.133 e. The van der Waals surface area contributed by atoms with E-state index >= 15 is 0 Å². The first-order chi connectivity index (χ1) is 15.7. The van der Waals surface area contributed by atoms with Crippen molar-refractivity contribution >= 4 is 5.78 Å². The van der Waals surface area contributed by atoms with Gasteiger partial charge >= 0.3 is 0 Å². The minimum absolute atomic E-state index is 0.439. The number of ketones is 1. The molecule has 0 unspecified atom stereocenters. The Morgan fingerprint density at radius 1 is 0.906 bits per heavy atom. The lowest BCUT2D eigenvalue weighted by Crippen LogP contribution is -2.39. The molecule has 1 heterocycles. The smallest absolute Gasteiger partial charge is 0.133 e. The van der Waals surface area contributed by atoms with E-state index in [4.69, 9.17) is 0 Å². The highest BCUT2D eigenvalue weighted by Crippen LogP contribution is 2.24. The van der Waals surface area contributed by atoms with Crippen molar-refractivity contribution in [1.29, 1.82) is 0 Å². The van der Waals surface area contributed by atoms with Gasteiger partial charge in [-0.15, -0.1) is 5.10 Å². The average Bonchev–Trinajstić information content (AvgIpc) is 3.31. The third-order valence-corrected chi connectivity index (χ3v) is 6.45. The fraction of sp³-hybridized carbons (Fsp3) is 0.444. The zero-order valence-electron chi connectivity index (χ0n) is 19.1. The summed E-state index contributed by atoms with van der Waals surface area (Å²) in [6, 6.07) is 19.5. The fourth-order valence-corrected chi connectivity index (χ4v) is 4.65. The van der Waals surface area contributed by atoms with Crippen LogP contribution in [0.4, 0.5) is 0 Å². The Balaban J connectivity index is 1.26. The van der Waals surface area contributed by atoms with Crippen LogP contribution < -0.4 is 0 Å². The first-order valence-electron chi connectivity index (χ1n) is 12.0. The van der Waals surface area contributed by atoms with Gasteiger partial charge in [0, 0.05) is 31.0 Å². The molecule has 168 valence electrons. The standard InChI is InChI=1S/C27H34N4O/c1-2-18-30(25-14-16-26(32)17-15-25)19-6-7-20-31-21-27(28-29-31)24-12-10-23(11-13-24)22-8-4-3-5-9-22/h3-5,8-13,21,25H,2,6-7,14-20H2,1H3. The number of carbonyl (C=O) groups excluding carboxylic acids is 1. The van der Waals surface area contributed by atoms with Crippen molar-refractivity contribution in [2.75, 3.05) is 13.1 Å². The minimum atomic E-state index is 0.439. The van der Waals surface area contributed by atoms with E-state index in [-0.39, 0.29) is 0 Å². The largest absolute Gasteiger partial charge is 0.300 e. The summed E-state index contributed by atoms with van der Waals surface area (Å²) in [5, 5.41) is 8.72. The molecular weight excluding hydrogens is 396 g/mol. The Labute approximate surface area is 191 Å². The highest BCUT2D eigenvalue weighted by molar-refractivity contribution is 5.79. The second-order valence-electron chi connectivity index (χ2n) is 8.82. The molecule has 0 saturated heterocycles. The summed E-state index contributed by atoms with van der Waals surface area (Å²) in [6.07, 6.45) is 9.04. The van der Waals surface area contributed by atoms with E-state index in [1.54, 1.807) is 0 Å². The fourth-order valence-electron chi connectivity index (χ4n) is 4.65. The molecule has 4 rings (SSSR count). The van der Waals surface area contributed by atoms with Crippen molar-refractivity contribution in [3.8, 4) is 22.4 Å². The van der Waals surface area contributed by atoms with Crippen LogP contribution in [-0.2, 0) is 11.3 Å². The molecule has 5 heteroatoms. The number of aryl methyl sites for hydroxylation is 1. The number of rotatable bonds is 10. The van der Waals surface area contributed by atoms with Crippen LogP contribution in [0.2, 0.25) is 0 Å². The van der Waals surface area contributed by atoms with Gasteiger partial charge in [-0.3, -0.25) is 9.48 Å². The van der Waals surface area contributed by atoms with Gasteiger partial charge in [-0.25, -0.2) is 0 Å². The van der Waals surface area contributed by atoms with E-state index in [1.807, 2.05) is 16.9 Å². The quantitative estimate of drug-likeness (QED) is 0.392. The SMILES string of the molecule is CCCN(CCCCn1cc(-c2ccc(-c3ccccc3)cc2)nn1)C1CCC(=O)CC1. The van der Waals surface area contributed by atoms with Crippen LogP contribution in [0.5, 0.6) is 0 Å². The van der Waals surface area contributed by atoms with Crippen LogP contribution in [0.3, 0.4) is 0 Å². The normalized spacial score (nSPS) is 14.9. The molecule has 0 spiro atoms. The van der Waals surface area contributed by atoms with Crippen LogP contribution in [0, 0.1) is 0 Å². The molecular formula is C27H34N4O. The number of nitrogens with zero attached hydrogens (tertiary/aromatic N) is 4. The van der Waals surface area contributed by atoms with E-state index in [9.17, 15) is 4.79 Å². The molecule has 1 aliphatic rings. The molecule has 0 atom stereocenters. The van der Waals surface area contributed by atoms with E-state index in [0.29, 0.717) is 11.8 Å². The molecule has 0 bridgehead atoms. The summed E-state index contributed by atoms with van der Waals surface area (Å²) < 4.78 is 1.96. The molecule has 1 aromatic heterocycles. The molecule has 0 amide bonds. The monoisotopic (exact) mass is 430 g/mol. The second-order valence-corrected chi connectivity index (χ2v) is 8.82. The average molecular weight is 431 g/mol. The Morgan fingerprint density at radius 3 is 2.31 bits per heavy atom. The van der Waals surface area contributed by atoms with E-state index in [2.05, 4.69) is 70.7 Å². The lowest BCUT2D eigenvalue weighted by molar-refractivity contribution is -0.121. The minimum Gasteiger partial charge on any atom is -0.300 e. The molecule has 0 radical (unpaired) electrons. The van der Waals surface area contributed by atoms with E-state index < -0.39 is 0 Å². The van der Waals surface area contributed by atoms with Gasteiger partial charge in [-0.05, 0) is 56.3 Å². The maximum atomic E-state index is 11.6. The molecule has 32 heavy (non-hydrogen) atoms. The Kier molecular flexibility index (Phi) is 7.83. The van der Waals surface area contributed by atoms with Gasteiger partial charge in [0.1, 0.15) is 11.5 Å². The highest BCUT2D eigenvalue weighted by atomic mass is 16.1. The summed E-state index contributed by atoms with van der Waals surface area (Å²) >= 11 is 0. The summed E-state index contributed by atoms with van der Waals surface area (Å²) in [4.78, 5) is 14.2. The lowest BCUT2D eigenvalue weighted by atomic mass is 9.93. The van der Waals surface area contributed by atoms with Crippen molar-refractivity contribution in [2.45, 2.75) is 64.5 Å². The van der Waals surface area contributed by atoms with Gasteiger partial charge in [0.15, 0.2) is 0 Å². The van der Waals surface area contributed by atoms with Crippen molar-refractivity contribution in [3.05, 3.63) is 60.8 Å². The number of Topliss-reactive ketones (excluding diaryl/α,β-unsaturated/α-hetero) is 1. The molecule has 5 nitrogen and oxygen atoms in total. The Bertz CT molecular complexity index is 970. The van der Waals surface area contributed by atoms with Gasteiger partial charge in [-0.2, -0.15) is 0 Å². The summed E-state index contributed by atoms with van der Waals surface area (Å²) in [7, 11) is 0. The van der Waals surface area contributed by atoms with Crippen LogP contribution in [0.15, 0.2) is 60.8 Å². The number of unbranched alkanes of at least 4 members (excludes halogenated alkanes) is 1. The van der Waals surface area contributed by atoms with Gasteiger partial charge in [0.05, 0.1) is 6.20 Å².